The molecular formula is C26H28N10O9S3. The highest BCUT2D eigenvalue weighted by Crippen LogP contribution is 2.44. The molecule has 254 valence electrons. The third kappa shape index (κ3) is 7.65. The number of thioether (sulfide) groups is 2. The first kappa shape index (κ1) is 34.5. The number of rotatable bonds is 17. The zero-order valence-corrected chi connectivity index (χ0v) is 27.3. The van der Waals surface area contributed by atoms with Gasteiger partial charge in [0.1, 0.15) is 35.2 Å². The summed E-state index contributed by atoms with van der Waals surface area (Å²) in [6.45, 7) is 2.95. The van der Waals surface area contributed by atoms with Crippen molar-refractivity contribution in [2.75, 3.05) is 30.0 Å². The molecule has 4 heterocycles. The van der Waals surface area contributed by atoms with Gasteiger partial charge in [-0.2, -0.15) is 0 Å². The van der Waals surface area contributed by atoms with Crippen molar-refractivity contribution in [3.05, 3.63) is 35.9 Å². The molecule has 2 aromatic rings. The number of amides is 3. The Morgan fingerprint density at radius 1 is 1.29 bits per heavy atom. The molecular weight excluding hydrogens is 693 g/mol. The number of anilines is 1. The third-order valence-corrected chi connectivity index (χ3v) is 10.8. The maximum Gasteiger partial charge on any atom is 0.355 e. The first-order chi connectivity index (χ1) is 23.2. The molecule has 0 aromatic carbocycles. The van der Waals surface area contributed by atoms with Crippen LogP contribution in [0.4, 0.5) is 5.13 Å². The molecule has 3 amide bonds. The van der Waals surface area contributed by atoms with Crippen molar-refractivity contribution in [2.24, 2.45) is 15.7 Å². The number of allylic oxidation sites excluding steroid dienone is 1. The molecule has 5 rings (SSSR count). The van der Waals surface area contributed by atoms with Gasteiger partial charge in [-0.05, 0) is 29.3 Å². The number of oxime groups is 2. The van der Waals surface area contributed by atoms with Crippen LogP contribution >= 0.6 is 34.9 Å². The van der Waals surface area contributed by atoms with Crippen LogP contribution in [0.2, 0.25) is 0 Å². The zero-order chi connectivity index (χ0) is 34.3. The minimum absolute atomic E-state index is 0.0121. The van der Waals surface area contributed by atoms with E-state index in [1.54, 1.807) is 0 Å². The smallest absolute Gasteiger partial charge is 0.355 e. The van der Waals surface area contributed by atoms with Crippen LogP contribution in [0.25, 0.3) is 0 Å². The van der Waals surface area contributed by atoms with E-state index in [1.165, 1.54) is 28.1 Å². The number of carbonyl (C=O) groups excluding carboxylic acids is 3. The predicted molar refractivity (Wildman–Crippen MR) is 171 cm³/mol. The molecule has 4 atom stereocenters. The highest BCUT2D eigenvalue weighted by molar-refractivity contribution is 8.00. The fourth-order valence-electron chi connectivity index (χ4n) is 4.68. The normalized spacial score (nSPS) is 23.5. The lowest BCUT2D eigenvalue weighted by molar-refractivity contribution is -0.157. The third-order valence-electron chi connectivity index (χ3n) is 7.17. The first-order valence-corrected chi connectivity index (χ1v) is 17.0. The number of carbonyl (C=O) groups is 5. The summed E-state index contributed by atoms with van der Waals surface area (Å²) in [6, 6.07) is -0.964. The highest BCUT2D eigenvalue weighted by atomic mass is 32.2. The van der Waals surface area contributed by atoms with E-state index in [2.05, 4.69) is 48.0 Å². The van der Waals surface area contributed by atoms with Gasteiger partial charge in [0.2, 0.25) is 17.5 Å². The van der Waals surface area contributed by atoms with Crippen molar-refractivity contribution >= 4 is 81.6 Å². The SMILES string of the molecule is C=CCON=C(Cn1nnnc1SCC1(C(=O)O)CS[C@@H]2C(NC(=O)C(=NOC3C=CCC3)c3csc(NC=O)n3)C(=O)N2C1)C(=O)O. The molecule has 19 nitrogen and oxygen atoms in total. The van der Waals surface area contributed by atoms with Crippen LogP contribution in [0.5, 0.6) is 0 Å². The van der Waals surface area contributed by atoms with Gasteiger partial charge in [0.25, 0.3) is 5.91 Å². The molecule has 3 unspecified atom stereocenters. The zero-order valence-electron chi connectivity index (χ0n) is 24.8. The summed E-state index contributed by atoms with van der Waals surface area (Å²) in [5.74, 6) is -3.69. The topological polar surface area (TPSA) is 253 Å². The van der Waals surface area contributed by atoms with Crippen molar-refractivity contribution in [3.63, 3.8) is 0 Å². The minimum atomic E-state index is -1.41. The summed E-state index contributed by atoms with van der Waals surface area (Å²) < 4.78 is 1.15. The lowest BCUT2D eigenvalue weighted by atomic mass is 9.89. The lowest BCUT2D eigenvalue weighted by Crippen LogP contribution is -2.74. The van der Waals surface area contributed by atoms with Gasteiger partial charge < -0.3 is 35.4 Å². The largest absolute Gasteiger partial charge is 0.481 e. The Kier molecular flexibility index (Phi) is 11.1. The van der Waals surface area contributed by atoms with Crippen molar-refractivity contribution in [1.29, 1.82) is 0 Å². The van der Waals surface area contributed by atoms with E-state index in [-0.39, 0.29) is 59.0 Å². The Morgan fingerprint density at radius 3 is 2.83 bits per heavy atom. The number of thiazole rings is 1. The quantitative estimate of drug-likeness (QED) is 0.0320. The second kappa shape index (κ2) is 15.4. The number of carboxylic acid groups (broad SMARTS) is 2. The molecule has 0 radical (unpaired) electrons. The maximum atomic E-state index is 13.4. The molecule has 3 aliphatic rings. The van der Waals surface area contributed by atoms with Gasteiger partial charge in [0, 0.05) is 23.4 Å². The number of aromatic nitrogens is 5. The Bertz CT molecular complexity index is 1680. The first-order valence-electron chi connectivity index (χ1n) is 14.1. The van der Waals surface area contributed by atoms with Gasteiger partial charge in [0.15, 0.2) is 16.6 Å². The number of aliphatic carboxylic acids is 2. The molecule has 1 aliphatic carbocycles. The molecule has 0 saturated carbocycles. The number of carboxylic acids is 2. The van der Waals surface area contributed by atoms with Crippen molar-refractivity contribution in [2.45, 2.75) is 42.1 Å². The molecule has 2 fully saturated rings. The van der Waals surface area contributed by atoms with Gasteiger partial charge in [-0.3, -0.25) is 19.2 Å². The Hall–Kier alpha value is -4.83. The van der Waals surface area contributed by atoms with Gasteiger partial charge in [0.05, 0.1) is 6.54 Å². The van der Waals surface area contributed by atoms with Gasteiger partial charge in [-0.25, -0.2) is 14.5 Å². The van der Waals surface area contributed by atoms with Crippen LogP contribution < -0.4 is 10.6 Å². The monoisotopic (exact) mass is 720 g/mol. The lowest BCUT2D eigenvalue weighted by Gasteiger charge is -2.53. The predicted octanol–water partition coefficient (Wildman–Crippen LogP) is 0.0436. The van der Waals surface area contributed by atoms with E-state index in [4.69, 9.17) is 9.68 Å². The second-order valence-electron chi connectivity index (χ2n) is 10.4. The molecule has 2 aromatic heterocycles. The second-order valence-corrected chi connectivity index (χ2v) is 13.3. The molecule has 2 saturated heterocycles. The summed E-state index contributed by atoms with van der Waals surface area (Å²) in [7, 11) is 0. The van der Waals surface area contributed by atoms with Crippen molar-refractivity contribution < 1.29 is 43.9 Å². The van der Waals surface area contributed by atoms with Crippen LogP contribution in [0.1, 0.15) is 18.5 Å². The van der Waals surface area contributed by atoms with E-state index < -0.39 is 46.3 Å². The number of hydrogen-bond acceptors (Lipinski definition) is 16. The van der Waals surface area contributed by atoms with Crippen molar-refractivity contribution in [3.8, 4) is 0 Å². The van der Waals surface area contributed by atoms with Gasteiger partial charge in [-0.15, -0.1) is 28.2 Å². The number of tetrazole rings is 1. The fourth-order valence-corrected chi connectivity index (χ4v) is 8.07. The summed E-state index contributed by atoms with van der Waals surface area (Å²) in [4.78, 5) is 77.7. The molecule has 48 heavy (non-hydrogen) atoms. The summed E-state index contributed by atoms with van der Waals surface area (Å²) >= 11 is 3.25. The molecule has 2 aliphatic heterocycles. The summed E-state index contributed by atoms with van der Waals surface area (Å²) in [6.07, 6.45) is 6.75. The number of β-lactam (4-membered cyclic amide) rings is 1. The summed E-state index contributed by atoms with van der Waals surface area (Å²) in [5, 5.41) is 45.0. The van der Waals surface area contributed by atoms with E-state index in [1.807, 2.05) is 12.2 Å². The average molecular weight is 721 g/mol. The van der Waals surface area contributed by atoms with E-state index in [9.17, 15) is 34.2 Å². The number of nitrogens with one attached hydrogen (secondary N) is 2. The molecule has 4 N–H and O–H groups in total. The molecule has 0 bridgehead atoms. The minimum Gasteiger partial charge on any atom is -0.481 e. The number of fused-ring (bicyclic) bond motifs is 1. The van der Waals surface area contributed by atoms with Crippen LogP contribution in [0.15, 0.2) is 45.7 Å². The Balaban J connectivity index is 1.24. The standard InChI is InChI=1S/C26H28N10O9S3/c1-2-7-44-31-15(22(40)41)8-36-25(30-33-34-36)48-12-26(23(42)43)10-35-20(39)18(21(35)47-11-26)29-19(38)17(32-45-14-5-3-4-6-14)16-9-46-24(28-16)27-13-37/h2-3,5,9,13-14,18,21H,1,4,6-8,10-12H2,(H,29,38)(H,40,41)(H,42,43)(H,27,28,37)/t14?,18?,21-,26?/m1/s1. The van der Waals surface area contributed by atoms with E-state index >= 15 is 0 Å². The van der Waals surface area contributed by atoms with Crippen LogP contribution in [-0.4, -0.2) is 124 Å². The van der Waals surface area contributed by atoms with Gasteiger partial charge >= 0.3 is 11.9 Å². The highest BCUT2D eigenvalue weighted by Gasteiger charge is 2.57. The maximum absolute atomic E-state index is 13.4. The van der Waals surface area contributed by atoms with Gasteiger partial charge in [-0.1, -0.05) is 40.8 Å². The summed E-state index contributed by atoms with van der Waals surface area (Å²) in [5.41, 5.74) is -1.85. The Morgan fingerprint density at radius 2 is 2.12 bits per heavy atom. The van der Waals surface area contributed by atoms with Crippen molar-refractivity contribution in [1.82, 2.24) is 35.4 Å². The average Bonchev–Trinajstić information content (AvgIpc) is 3.86. The number of nitrogens with zero attached hydrogens (tertiary/aromatic N) is 8. The Labute approximate surface area is 283 Å². The number of hydrogen-bond donors (Lipinski definition) is 4. The van der Waals surface area contributed by atoms with Crippen LogP contribution in [0, 0.1) is 5.41 Å². The van der Waals surface area contributed by atoms with Crippen LogP contribution in [0.3, 0.4) is 0 Å². The van der Waals surface area contributed by atoms with E-state index in [0.717, 1.165) is 34.2 Å². The molecule has 0 spiro atoms. The van der Waals surface area contributed by atoms with E-state index in [0.29, 0.717) is 12.8 Å². The fraction of sp³-hybridized carbons (Fsp3) is 0.423. The molecule has 22 heteroatoms. The van der Waals surface area contributed by atoms with Crippen LogP contribution in [-0.2, 0) is 40.2 Å².